The Kier molecular flexibility index (Phi) is 4.49. The van der Waals surface area contributed by atoms with E-state index in [9.17, 15) is 18.0 Å². The van der Waals surface area contributed by atoms with Crippen LogP contribution in [0.2, 0.25) is 0 Å². The van der Waals surface area contributed by atoms with Gasteiger partial charge < -0.3 is 10.2 Å². The molecule has 1 aromatic rings. The van der Waals surface area contributed by atoms with E-state index in [4.69, 9.17) is 10.2 Å². The zero-order valence-corrected chi connectivity index (χ0v) is 10.9. The maximum absolute atomic E-state index is 11.6. The van der Waals surface area contributed by atoms with E-state index in [0.29, 0.717) is 5.56 Å². The molecule has 0 aromatic heterocycles. The number of carbonyl (C=O) groups is 2. The van der Waals surface area contributed by atoms with E-state index in [0.717, 1.165) is 0 Å². The molecule has 0 spiro atoms. The fourth-order valence-electron chi connectivity index (χ4n) is 1.35. The van der Waals surface area contributed by atoms with Crippen molar-refractivity contribution in [3.8, 4) is 0 Å². The van der Waals surface area contributed by atoms with Crippen molar-refractivity contribution in [2.75, 3.05) is 10.5 Å². The Morgan fingerprint density at radius 1 is 1.26 bits per heavy atom. The smallest absolute Gasteiger partial charge is 0.335 e. The summed E-state index contributed by atoms with van der Waals surface area (Å²) in [6.07, 6.45) is -0.498. The van der Waals surface area contributed by atoms with Gasteiger partial charge in [-0.15, -0.1) is 0 Å². The van der Waals surface area contributed by atoms with E-state index in [-0.39, 0.29) is 11.3 Å². The van der Waals surface area contributed by atoms with E-state index in [1.807, 2.05) is 0 Å². The topological polar surface area (TPSA) is 121 Å². The molecular weight excluding hydrogens is 274 g/mol. The van der Waals surface area contributed by atoms with Crippen LogP contribution in [0.25, 0.3) is 0 Å². The number of hydrogen-bond donors (Lipinski definition) is 3. The Hall–Kier alpha value is -2.09. The molecule has 0 aliphatic carbocycles. The number of rotatable bonds is 6. The summed E-state index contributed by atoms with van der Waals surface area (Å²) in [5.41, 5.74) is 0.722. The first-order valence-corrected chi connectivity index (χ1v) is 6.93. The molecule has 0 aliphatic rings. The van der Waals surface area contributed by atoms with Crippen LogP contribution in [0.4, 0.5) is 5.69 Å². The van der Waals surface area contributed by atoms with Gasteiger partial charge >= 0.3 is 11.9 Å². The minimum Gasteiger partial charge on any atom is -0.481 e. The summed E-state index contributed by atoms with van der Waals surface area (Å²) in [6, 6.07) is 3.93. The zero-order valence-electron chi connectivity index (χ0n) is 10.1. The first-order valence-electron chi connectivity index (χ1n) is 5.27. The molecule has 8 heteroatoms. The predicted molar refractivity (Wildman–Crippen MR) is 67.8 cm³/mol. The fourth-order valence-corrected chi connectivity index (χ4v) is 2.46. The van der Waals surface area contributed by atoms with Crippen molar-refractivity contribution in [1.29, 1.82) is 0 Å². The molecule has 1 aromatic carbocycles. The molecule has 0 unspecified atom stereocenters. The molecule has 0 amide bonds. The molecule has 19 heavy (non-hydrogen) atoms. The molecule has 104 valence electrons. The number of aromatic carboxylic acids is 1. The molecule has 0 radical (unpaired) electrons. The Morgan fingerprint density at radius 3 is 2.37 bits per heavy atom. The number of carboxylic acid groups (broad SMARTS) is 2. The molecule has 0 fully saturated rings. The highest BCUT2D eigenvalue weighted by Crippen LogP contribution is 2.18. The number of anilines is 1. The maximum atomic E-state index is 11.6. The van der Waals surface area contributed by atoms with Crippen molar-refractivity contribution < 1.29 is 28.2 Å². The van der Waals surface area contributed by atoms with Gasteiger partial charge in [-0.1, -0.05) is 0 Å². The van der Waals surface area contributed by atoms with E-state index in [1.54, 1.807) is 6.92 Å². The Labute approximate surface area is 109 Å². The average Bonchev–Trinajstić information content (AvgIpc) is 2.29. The summed E-state index contributed by atoms with van der Waals surface area (Å²) in [4.78, 5) is 21.1. The van der Waals surface area contributed by atoms with Gasteiger partial charge in [0.15, 0.2) is 0 Å². The van der Waals surface area contributed by atoms with Crippen molar-refractivity contribution in [2.24, 2.45) is 0 Å². The predicted octanol–water partition coefficient (Wildman–Crippen LogP) is 0.910. The number of nitrogens with one attached hydrogen (secondary N) is 1. The number of aliphatic carboxylic acids is 1. The molecule has 7 nitrogen and oxygen atoms in total. The van der Waals surface area contributed by atoms with Crippen molar-refractivity contribution in [3.05, 3.63) is 29.3 Å². The van der Waals surface area contributed by atoms with Gasteiger partial charge in [-0.05, 0) is 30.7 Å². The third-order valence-electron chi connectivity index (χ3n) is 2.32. The zero-order chi connectivity index (χ0) is 14.6. The number of benzene rings is 1. The van der Waals surface area contributed by atoms with Crippen LogP contribution in [-0.4, -0.2) is 36.3 Å². The minimum absolute atomic E-state index is 0.0472. The van der Waals surface area contributed by atoms with Gasteiger partial charge in [0.1, 0.15) is 0 Å². The highest BCUT2D eigenvalue weighted by atomic mass is 32.2. The lowest BCUT2D eigenvalue weighted by atomic mass is 10.1. The minimum atomic E-state index is -3.76. The molecule has 0 aliphatic heterocycles. The van der Waals surface area contributed by atoms with Gasteiger partial charge in [0, 0.05) is 0 Å². The summed E-state index contributed by atoms with van der Waals surface area (Å²) in [6.45, 7) is 1.56. The van der Waals surface area contributed by atoms with E-state index >= 15 is 0 Å². The first kappa shape index (κ1) is 15.0. The molecule has 3 N–H and O–H groups in total. The van der Waals surface area contributed by atoms with Crippen molar-refractivity contribution >= 4 is 27.6 Å². The number of sulfonamides is 1. The third kappa shape index (κ3) is 4.59. The van der Waals surface area contributed by atoms with Crippen LogP contribution in [0, 0.1) is 6.92 Å². The largest absolute Gasteiger partial charge is 0.481 e. The average molecular weight is 287 g/mol. The lowest BCUT2D eigenvalue weighted by Crippen LogP contribution is -2.19. The second-order valence-electron chi connectivity index (χ2n) is 3.90. The van der Waals surface area contributed by atoms with Crippen molar-refractivity contribution in [1.82, 2.24) is 0 Å². The number of aryl methyl sites for hydroxylation is 1. The Bertz CT molecular complexity index is 608. The summed E-state index contributed by atoms with van der Waals surface area (Å²) < 4.78 is 25.4. The van der Waals surface area contributed by atoms with Gasteiger partial charge in [0.25, 0.3) is 0 Å². The van der Waals surface area contributed by atoms with Crippen molar-refractivity contribution in [3.63, 3.8) is 0 Å². The van der Waals surface area contributed by atoms with Gasteiger partial charge in [0.05, 0.1) is 23.4 Å². The first-order chi connectivity index (χ1) is 8.71. The van der Waals surface area contributed by atoms with Crippen LogP contribution in [-0.2, 0) is 14.8 Å². The highest BCUT2D eigenvalue weighted by molar-refractivity contribution is 7.92. The van der Waals surface area contributed by atoms with Gasteiger partial charge in [0.2, 0.25) is 10.0 Å². The van der Waals surface area contributed by atoms with Crippen LogP contribution < -0.4 is 4.72 Å². The van der Waals surface area contributed by atoms with E-state index in [2.05, 4.69) is 4.72 Å². The van der Waals surface area contributed by atoms with E-state index in [1.165, 1.54) is 18.2 Å². The number of hydrogen-bond acceptors (Lipinski definition) is 4. The van der Waals surface area contributed by atoms with Gasteiger partial charge in [-0.3, -0.25) is 9.52 Å². The quantitative estimate of drug-likeness (QED) is 0.715. The maximum Gasteiger partial charge on any atom is 0.335 e. The standard InChI is InChI=1S/C11H13NO6S/c1-7-6-8(11(15)16)2-3-9(7)12-19(17,18)5-4-10(13)14/h2-3,6,12H,4-5H2,1H3,(H,13,14)(H,15,16). The van der Waals surface area contributed by atoms with Gasteiger partial charge in [-0.25, -0.2) is 13.2 Å². The molecule has 0 saturated heterocycles. The SMILES string of the molecule is Cc1cc(C(=O)O)ccc1NS(=O)(=O)CCC(=O)O. The summed E-state index contributed by atoms with van der Waals surface area (Å²) >= 11 is 0. The Morgan fingerprint density at radius 2 is 1.89 bits per heavy atom. The molecule has 0 heterocycles. The lowest BCUT2D eigenvalue weighted by Gasteiger charge is -2.10. The van der Waals surface area contributed by atoms with Crippen LogP contribution >= 0.6 is 0 Å². The van der Waals surface area contributed by atoms with Crippen LogP contribution in [0.3, 0.4) is 0 Å². The highest BCUT2D eigenvalue weighted by Gasteiger charge is 2.14. The third-order valence-corrected chi connectivity index (χ3v) is 3.60. The second-order valence-corrected chi connectivity index (χ2v) is 5.74. The second kappa shape index (κ2) is 5.70. The van der Waals surface area contributed by atoms with Crippen LogP contribution in [0.1, 0.15) is 22.3 Å². The Balaban J connectivity index is 2.88. The lowest BCUT2D eigenvalue weighted by molar-refractivity contribution is -0.136. The molecule has 0 bridgehead atoms. The van der Waals surface area contributed by atoms with Gasteiger partial charge in [-0.2, -0.15) is 0 Å². The number of carboxylic acids is 2. The van der Waals surface area contributed by atoms with Crippen LogP contribution in [0.15, 0.2) is 18.2 Å². The monoisotopic (exact) mass is 287 g/mol. The summed E-state index contributed by atoms with van der Waals surface area (Å²) in [5.74, 6) is -2.85. The van der Waals surface area contributed by atoms with E-state index < -0.39 is 34.1 Å². The molecular formula is C11H13NO6S. The summed E-state index contributed by atoms with van der Waals surface area (Å²) in [7, 11) is -3.76. The fraction of sp³-hybridized carbons (Fsp3) is 0.273. The van der Waals surface area contributed by atoms with Crippen LogP contribution in [0.5, 0.6) is 0 Å². The molecule has 0 saturated carbocycles. The normalized spacial score (nSPS) is 11.0. The van der Waals surface area contributed by atoms with Crippen molar-refractivity contribution in [2.45, 2.75) is 13.3 Å². The molecule has 1 rings (SSSR count). The summed E-state index contributed by atoms with van der Waals surface area (Å²) in [5, 5.41) is 17.2. The molecule has 0 atom stereocenters.